The summed E-state index contributed by atoms with van der Waals surface area (Å²) in [5.74, 6) is -0.416. The maximum atomic E-state index is 12.4. The number of benzene rings is 1. The minimum atomic E-state index is -3.72. The zero-order valence-electron chi connectivity index (χ0n) is 13.9. The first-order chi connectivity index (χ1) is 11.3. The summed E-state index contributed by atoms with van der Waals surface area (Å²) in [6, 6.07) is 6.11. The van der Waals surface area contributed by atoms with Crippen LogP contribution in [0.15, 0.2) is 35.4 Å². The van der Waals surface area contributed by atoms with Crippen molar-refractivity contribution in [2.75, 3.05) is 11.3 Å². The zero-order chi connectivity index (χ0) is 17.7. The van der Waals surface area contributed by atoms with Crippen LogP contribution >= 0.6 is 0 Å². The first-order valence-corrected chi connectivity index (χ1v) is 9.12. The smallest absolute Gasteiger partial charge is 0.338 e. The van der Waals surface area contributed by atoms with E-state index in [0.717, 1.165) is 12.8 Å². The first kappa shape index (κ1) is 18.0. The molecule has 0 unspecified atom stereocenters. The third-order valence-electron chi connectivity index (χ3n) is 3.58. The SMILES string of the molecule is CCCCOC(=O)c1ccc(NS(=O)(=O)c2cnn(C)c2C)cc1. The number of nitrogens with zero attached hydrogens (tertiary/aromatic N) is 2. The van der Waals surface area contributed by atoms with Crippen molar-refractivity contribution in [1.29, 1.82) is 0 Å². The van der Waals surface area contributed by atoms with E-state index in [1.165, 1.54) is 35.1 Å². The van der Waals surface area contributed by atoms with Gasteiger partial charge in [0, 0.05) is 12.7 Å². The van der Waals surface area contributed by atoms with Crippen molar-refractivity contribution in [1.82, 2.24) is 9.78 Å². The molecule has 0 radical (unpaired) electrons. The predicted molar refractivity (Wildman–Crippen MR) is 90.4 cm³/mol. The van der Waals surface area contributed by atoms with Crippen LogP contribution in [-0.4, -0.2) is 30.8 Å². The lowest BCUT2D eigenvalue weighted by molar-refractivity contribution is 0.0500. The topological polar surface area (TPSA) is 90.3 Å². The molecule has 0 saturated heterocycles. The number of carbonyl (C=O) groups is 1. The molecule has 7 nitrogen and oxygen atoms in total. The first-order valence-electron chi connectivity index (χ1n) is 7.63. The lowest BCUT2D eigenvalue weighted by Crippen LogP contribution is -2.14. The van der Waals surface area contributed by atoms with Gasteiger partial charge in [-0.2, -0.15) is 5.10 Å². The Bertz CT molecular complexity index is 810. The lowest BCUT2D eigenvalue weighted by Gasteiger charge is -2.08. The number of hydrogen-bond acceptors (Lipinski definition) is 5. The number of hydrogen-bond donors (Lipinski definition) is 1. The van der Waals surface area contributed by atoms with Gasteiger partial charge in [0.1, 0.15) is 4.90 Å². The van der Waals surface area contributed by atoms with Gasteiger partial charge in [-0.25, -0.2) is 13.2 Å². The van der Waals surface area contributed by atoms with Crippen LogP contribution in [-0.2, 0) is 21.8 Å². The molecule has 0 saturated carbocycles. The Morgan fingerprint density at radius 3 is 2.50 bits per heavy atom. The lowest BCUT2D eigenvalue weighted by atomic mass is 10.2. The summed E-state index contributed by atoms with van der Waals surface area (Å²) in [6.45, 7) is 4.07. The van der Waals surface area contributed by atoms with E-state index in [1.54, 1.807) is 14.0 Å². The fraction of sp³-hybridized carbons (Fsp3) is 0.375. The highest BCUT2D eigenvalue weighted by atomic mass is 32.2. The molecular formula is C16H21N3O4S. The van der Waals surface area contributed by atoms with Gasteiger partial charge in [-0.1, -0.05) is 13.3 Å². The van der Waals surface area contributed by atoms with Gasteiger partial charge in [-0.15, -0.1) is 0 Å². The number of rotatable bonds is 7. The number of carbonyl (C=O) groups excluding carboxylic acids is 1. The molecule has 2 aromatic rings. The van der Waals surface area contributed by atoms with Crippen LogP contribution in [0.25, 0.3) is 0 Å². The molecule has 1 heterocycles. The molecule has 0 aliphatic carbocycles. The highest BCUT2D eigenvalue weighted by Crippen LogP contribution is 2.19. The highest BCUT2D eigenvalue weighted by molar-refractivity contribution is 7.92. The predicted octanol–water partition coefficient (Wildman–Crippen LogP) is 2.49. The van der Waals surface area contributed by atoms with Gasteiger partial charge in [-0.05, 0) is 37.6 Å². The Morgan fingerprint density at radius 1 is 1.29 bits per heavy atom. The molecule has 0 aliphatic rings. The van der Waals surface area contributed by atoms with Gasteiger partial charge in [0.25, 0.3) is 10.0 Å². The summed E-state index contributed by atoms with van der Waals surface area (Å²) in [4.78, 5) is 11.9. The van der Waals surface area contributed by atoms with E-state index in [1.807, 2.05) is 6.92 Å². The molecule has 0 amide bonds. The Hall–Kier alpha value is -2.35. The summed E-state index contributed by atoms with van der Waals surface area (Å²) in [7, 11) is -2.05. The van der Waals surface area contributed by atoms with Crippen molar-refractivity contribution in [3.05, 3.63) is 41.7 Å². The Balaban J connectivity index is 2.08. The molecular weight excluding hydrogens is 330 g/mol. The van der Waals surface area contributed by atoms with Crippen LogP contribution in [0.2, 0.25) is 0 Å². The fourth-order valence-electron chi connectivity index (χ4n) is 2.02. The minimum Gasteiger partial charge on any atom is -0.462 e. The summed E-state index contributed by atoms with van der Waals surface area (Å²) >= 11 is 0. The van der Waals surface area contributed by atoms with Gasteiger partial charge in [0.05, 0.1) is 24.1 Å². The molecule has 1 N–H and O–H groups in total. The van der Waals surface area contributed by atoms with Crippen molar-refractivity contribution >= 4 is 21.7 Å². The van der Waals surface area contributed by atoms with Gasteiger partial charge >= 0.3 is 5.97 Å². The second-order valence-corrected chi connectivity index (χ2v) is 7.04. The van der Waals surface area contributed by atoms with E-state index >= 15 is 0 Å². The number of esters is 1. The van der Waals surface area contributed by atoms with Gasteiger partial charge in [0.15, 0.2) is 0 Å². The maximum Gasteiger partial charge on any atom is 0.338 e. The molecule has 0 atom stereocenters. The number of aromatic nitrogens is 2. The van der Waals surface area contributed by atoms with Gasteiger partial charge in [-0.3, -0.25) is 9.40 Å². The number of aryl methyl sites for hydroxylation is 1. The van der Waals surface area contributed by atoms with Crippen LogP contribution in [0, 0.1) is 6.92 Å². The average molecular weight is 351 g/mol. The third-order valence-corrected chi connectivity index (χ3v) is 5.07. The van der Waals surface area contributed by atoms with Crippen LogP contribution in [0.1, 0.15) is 35.8 Å². The second kappa shape index (κ2) is 7.48. The quantitative estimate of drug-likeness (QED) is 0.611. The number of unbranched alkanes of at least 4 members (excludes halogenated alkanes) is 1. The monoisotopic (exact) mass is 351 g/mol. The van der Waals surface area contributed by atoms with Crippen LogP contribution in [0.4, 0.5) is 5.69 Å². The Kier molecular flexibility index (Phi) is 5.61. The normalized spacial score (nSPS) is 11.3. The molecule has 0 spiro atoms. The summed E-state index contributed by atoms with van der Waals surface area (Å²) in [5, 5.41) is 3.93. The number of nitrogens with one attached hydrogen (secondary N) is 1. The molecule has 1 aromatic heterocycles. The molecule has 0 bridgehead atoms. The average Bonchev–Trinajstić information content (AvgIpc) is 2.88. The zero-order valence-corrected chi connectivity index (χ0v) is 14.8. The van der Waals surface area contributed by atoms with E-state index in [0.29, 0.717) is 23.6 Å². The van der Waals surface area contributed by atoms with Crippen molar-refractivity contribution < 1.29 is 17.9 Å². The maximum absolute atomic E-state index is 12.4. The summed E-state index contributed by atoms with van der Waals surface area (Å²) in [6.07, 6.45) is 3.06. The van der Waals surface area contributed by atoms with E-state index < -0.39 is 16.0 Å². The van der Waals surface area contributed by atoms with Crippen LogP contribution in [0.5, 0.6) is 0 Å². The standard InChI is InChI=1S/C16H21N3O4S/c1-4-5-10-23-16(20)13-6-8-14(9-7-13)18-24(21,22)15-11-17-19(3)12(15)2/h6-9,11,18H,4-5,10H2,1-3H3. The Morgan fingerprint density at radius 2 is 1.96 bits per heavy atom. The summed E-state index contributed by atoms with van der Waals surface area (Å²) in [5.41, 5.74) is 1.29. The molecule has 130 valence electrons. The van der Waals surface area contributed by atoms with Crippen molar-refractivity contribution in [3.8, 4) is 0 Å². The number of ether oxygens (including phenoxy) is 1. The van der Waals surface area contributed by atoms with Gasteiger partial charge in [0.2, 0.25) is 0 Å². The number of sulfonamides is 1. The molecule has 24 heavy (non-hydrogen) atoms. The molecule has 1 aromatic carbocycles. The van der Waals surface area contributed by atoms with Crippen molar-refractivity contribution in [2.24, 2.45) is 7.05 Å². The van der Waals surface area contributed by atoms with Crippen LogP contribution < -0.4 is 4.72 Å². The largest absolute Gasteiger partial charge is 0.462 e. The van der Waals surface area contributed by atoms with Crippen molar-refractivity contribution in [2.45, 2.75) is 31.6 Å². The van der Waals surface area contributed by atoms with Crippen molar-refractivity contribution in [3.63, 3.8) is 0 Å². The molecule has 0 fully saturated rings. The van der Waals surface area contributed by atoms with E-state index in [4.69, 9.17) is 4.74 Å². The third kappa shape index (κ3) is 4.14. The van der Waals surface area contributed by atoms with E-state index in [-0.39, 0.29) is 4.90 Å². The van der Waals surface area contributed by atoms with Crippen LogP contribution in [0.3, 0.4) is 0 Å². The Labute approximate surface area is 141 Å². The second-order valence-electron chi connectivity index (χ2n) is 5.39. The van der Waals surface area contributed by atoms with Gasteiger partial charge < -0.3 is 4.74 Å². The van der Waals surface area contributed by atoms with E-state index in [2.05, 4.69) is 9.82 Å². The fourth-order valence-corrected chi connectivity index (χ4v) is 3.28. The minimum absolute atomic E-state index is 0.119. The summed E-state index contributed by atoms with van der Waals surface area (Å²) < 4.78 is 33.8. The molecule has 2 rings (SSSR count). The molecule has 0 aliphatic heterocycles. The highest BCUT2D eigenvalue weighted by Gasteiger charge is 2.20. The molecule has 8 heteroatoms. The van der Waals surface area contributed by atoms with E-state index in [9.17, 15) is 13.2 Å². The number of anilines is 1.